The van der Waals surface area contributed by atoms with Crippen LogP contribution in [0.25, 0.3) is 0 Å². The molecule has 264 valence electrons. The number of ether oxygens (including phenoxy) is 3. The molecule has 13 heteroatoms. The van der Waals surface area contributed by atoms with Crippen molar-refractivity contribution in [1.82, 2.24) is 16.0 Å². The van der Waals surface area contributed by atoms with Crippen LogP contribution < -0.4 is 16.0 Å². The molecule has 3 amide bonds. The van der Waals surface area contributed by atoms with Crippen LogP contribution in [0, 0.1) is 0 Å². The maximum absolute atomic E-state index is 13.0. The molecule has 0 fully saturated rings. The fraction of sp³-hybridized carbons (Fsp3) is 0.647. The number of benzene rings is 1. The van der Waals surface area contributed by atoms with Gasteiger partial charge in [0.15, 0.2) is 0 Å². The number of carboxylic acids is 1. The number of esters is 3. The van der Waals surface area contributed by atoms with Crippen molar-refractivity contribution < 1.29 is 48.1 Å². The van der Waals surface area contributed by atoms with Gasteiger partial charge in [-0.05, 0) is 66.4 Å². The maximum Gasteiger partial charge on any atom is 0.329 e. The van der Waals surface area contributed by atoms with Crippen molar-refractivity contribution >= 4 is 35.8 Å². The van der Waals surface area contributed by atoms with Gasteiger partial charge in [-0.25, -0.2) is 19.2 Å². The molecule has 1 rings (SSSR count). The van der Waals surface area contributed by atoms with Crippen LogP contribution in [0.3, 0.4) is 0 Å². The van der Waals surface area contributed by atoms with Crippen molar-refractivity contribution in [3.63, 3.8) is 0 Å². The first kappa shape index (κ1) is 40.9. The van der Waals surface area contributed by atoms with Gasteiger partial charge in [-0.15, -0.1) is 0 Å². The lowest BCUT2D eigenvalue weighted by Gasteiger charge is -2.26. The molecular formula is C34H53N3O10. The summed E-state index contributed by atoms with van der Waals surface area (Å²) < 4.78 is 16.1. The summed E-state index contributed by atoms with van der Waals surface area (Å²) in [6, 6.07) is 4.27. The number of aliphatic carboxylic acids is 1. The highest BCUT2D eigenvalue weighted by molar-refractivity contribution is 5.88. The molecule has 0 saturated carbocycles. The van der Waals surface area contributed by atoms with E-state index in [-0.39, 0.29) is 32.3 Å². The van der Waals surface area contributed by atoms with Gasteiger partial charge in [0.2, 0.25) is 5.91 Å². The Morgan fingerprint density at radius 2 is 1.23 bits per heavy atom. The number of unbranched alkanes of at least 4 members (excludes halogenated alkanes) is 3. The third kappa shape index (κ3) is 19.2. The predicted molar refractivity (Wildman–Crippen MR) is 174 cm³/mol. The SMILES string of the molecule is CCCCCCC(NC(=O)CCC(NC(=O)NC(CCC(=O)OCc1ccccc1)C(=O)O)C(=O)OC(C)(C)C)C(=O)OC(C)(C)C. The lowest BCUT2D eigenvalue weighted by atomic mass is 10.1. The van der Waals surface area contributed by atoms with Crippen molar-refractivity contribution in [2.24, 2.45) is 0 Å². The van der Waals surface area contributed by atoms with E-state index < -0.39 is 65.1 Å². The van der Waals surface area contributed by atoms with E-state index in [1.807, 2.05) is 6.07 Å². The Kier molecular flexibility index (Phi) is 17.5. The van der Waals surface area contributed by atoms with Crippen LogP contribution in [0.4, 0.5) is 4.79 Å². The quantitative estimate of drug-likeness (QED) is 0.0929. The van der Waals surface area contributed by atoms with E-state index in [2.05, 4.69) is 22.9 Å². The second-order valence-corrected chi connectivity index (χ2v) is 13.3. The summed E-state index contributed by atoms with van der Waals surface area (Å²) >= 11 is 0. The first-order valence-corrected chi connectivity index (χ1v) is 16.1. The number of hydrogen-bond acceptors (Lipinski definition) is 9. The van der Waals surface area contributed by atoms with Crippen LogP contribution in [-0.4, -0.2) is 70.2 Å². The van der Waals surface area contributed by atoms with Gasteiger partial charge in [-0.2, -0.15) is 0 Å². The summed E-state index contributed by atoms with van der Waals surface area (Å²) in [5.74, 6) is -3.97. The minimum atomic E-state index is -1.47. The van der Waals surface area contributed by atoms with Crippen molar-refractivity contribution in [1.29, 1.82) is 0 Å². The standard InChI is InChI=1S/C34H53N3O10/c1-8-9-10-14-17-25(30(42)46-33(2,3)4)35-27(38)20-18-26(31(43)47-34(5,6)7)37-32(44)36-24(29(40)41)19-21-28(39)45-22-23-15-12-11-13-16-23/h11-13,15-16,24-26H,8-10,14,17-22H2,1-7H3,(H,35,38)(H,40,41)(H2,36,37,44). The van der Waals surface area contributed by atoms with Crippen LogP contribution in [0.2, 0.25) is 0 Å². The van der Waals surface area contributed by atoms with Gasteiger partial charge in [-0.1, -0.05) is 62.9 Å². The monoisotopic (exact) mass is 663 g/mol. The largest absolute Gasteiger partial charge is 0.480 e. The van der Waals surface area contributed by atoms with Gasteiger partial charge >= 0.3 is 29.9 Å². The van der Waals surface area contributed by atoms with Gasteiger partial charge in [0.1, 0.15) is 35.9 Å². The average Bonchev–Trinajstić information content (AvgIpc) is 2.96. The Morgan fingerprint density at radius 3 is 1.77 bits per heavy atom. The zero-order chi connectivity index (χ0) is 35.6. The Bertz CT molecular complexity index is 1170. The number of carbonyl (C=O) groups excluding carboxylic acids is 5. The minimum absolute atomic E-state index is 0.0217. The highest BCUT2D eigenvalue weighted by atomic mass is 16.6. The van der Waals surface area contributed by atoms with Gasteiger partial charge in [0.25, 0.3) is 0 Å². The summed E-state index contributed by atoms with van der Waals surface area (Å²) in [6.45, 7) is 12.2. The first-order valence-electron chi connectivity index (χ1n) is 16.1. The predicted octanol–water partition coefficient (Wildman–Crippen LogP) is 4.55. The van der Waals surface area contributed by atoms with Crippen LogP contribution in [-0.2, 0) is 44.8 Å². The molecule has 4 N–H and O–H groups in total. The van der Waals surface area contributed by atoms with Crippen molar-refractivity contribution in [2.75, 3.05) is 0 Å². The molecule has 0 aliphatic rings. The summed E-state index contributed by atoms with van der Waals surface area (Å²) in [7, 11) is 0. The summed E-state index contributed by atoms with van der Waals surface area (Å²) in [5.41, 5.74) is -0.902. The third-order valence-electron chi connectivity index (χ3n) is 6.51. The molecule has 0 aliphatic heterocycles. The third-order valence-corrected chi connectivity index (χ3v) is 6.51. The topological polar surface area (TPSA) is 186 Å². The molecule has 47 heavy (non-hydrogen) atoms. The molecule has 1 aromatic rings. The second kappa shape index (κ2) is 20.2. The normalized spacial score (nSPS) is 13.3. The molecule has 0 aromatic heterocycles. The number of carboxylic acid groups (broad SMARTS) is 1. The van der Waals surface area contributed by atoms with Crippen LogP contribution in [0.15, 0.2) is 30.3 Å². The van der Waals surface area contributed by atoms with Crippen molar-refractivity contribution in [3.05, 3.63) is 35.9 Å². The van der Waals surface area contributed by atoms with Crippen LogP contribution in [0.1, 0.15) is 112 Å². The van der Waals surface area contributed by atoms with Gasteiger partial charge in [-0.3, -0.25) is 9.59 Å². The maximum atomic E-state index is 13.0. The van der Waals surface area contributed by atoms with E-state index in [0.29, 0.717) is 12.8 Å². The Labute approximate surface area is 277 Å². The van der Waals surface area contributed by atoms with E-state index >= 15 is 0 Å². The van der Waals surface area contributed by atoms with Crippen molar-refractivity contribution in [3.8, 4) is 0 Å². The number of nitrogens with one attached hydrogen (secondary N) is 3. The fourth-order valence-electron chi connectivity index (χ4n) is 4.25. The van der Waals surface area contributed by atoms with E-state index in [1.54, 1.807) is 65.8 Å². The minimum Gasteiger partial charge on any atom is -0.480 e. The smallest absolute Gasteiger partial charge is 0.329 e. The molecular weight excluding hydrogens is 610 g/mol. The second-order valence-electron chi connectivity index (χ2n) is 13.3. The van der Waals surface area contributed by atoms with E-state index in [1.165, 1.54) is 0 Å². The molecule has 13 nitrogen and oxygen atoms in total. The summed E-state index contributed by atoms with van der Waals surface area (Å²) in [6.07, 6.45) is 2.96. The van der Waals surface area contributed by atoms with Crippen LogP contribution in [0.5, 0.6) is 0 Å². The van der Waals surface area contributed by atoms with E-state index in [4.69, 9.17) is 14.2 Å². The first-order chi connectivity index (χ1) is 21.9. The van der Waals surface area contributed by atoms with E-state index in [9.17, 15) is 33.9 Å². The van der Waals surface area contributed by atoms with Crippen molar-refractivity contribution in [2.45, 2.75) is 142 Å². The van der Waals surface area contributed by atoms with Gasteiger partial charge < -0.3 is 35.3 Å². The molecule has 0 heterocycles. The number of urea groups is 1. The highest BCUT2D eigenvalue weighted by Crippen LogP contribution is 2.15. The Hall–Kier alpha value is -4.16. The van der Waals surface area contributed by atoms with Gasteiger partial charge in [0, 0.05) is 12.8 Å². The molecule has 0 radical (unpaired) electrons. The molecule has 1 aromatic carbocycles. The Balaban J connectivity index is 2.86. The number of hydrogen-bond donors (Lipinski definition) is 4. The fourth-order valence-corrected chi connectivity index (χ4v) is 4.25. The summed E-state index contributed by atoms with van der Waals surface area (Å²) in [5, 5.41) is 17.0. The number of rotatable bonds is 19. The lowest BCUT2D eigenvalue weighted by Crippen LogP contribution is -2.52. The number of amides is 3. The highest BCUT2D eigenvalue weighted by Gasteiger charge is 2.31. The summed E-state index contributed by atoms with van der Waals surface area (Å²) in [4.78, 5) is 75.6. The average molecular weight is 664 g/mol. The molecule has 0 spiro atoms. The molecule has 0 aliphatic carbocycles. The lowest BCUT2D eigenvalue weighted by molar-refractivity contribution is -0.159. The van der Waals surface area contributed by atoms with E-state index in [0.717, 1.165) is 24.8 Å². The zero-order valence-electron chi connectivity index (χ0n) is 28.8. The van der Waals surface area contributed by atoms with Crippen LogP contribution >= 0.6 is 0 Å². The van der Waals surface area contributed by atoms with Gasteiger partial charge in [0.05, 0.1) is 0 Å². The molecule has 3 unspecified atom stereocenters. The Morgan fingerprint density at radius 1 is 0.702 bits per heavy atom. The number of carbonyl (C=O) groups is 6. The molecule has 0 bridgehead atoms. The molecule has 3 atom stereocenters. The zero-order valence-corrected chi connectivity index (χ0v) is 28.8. The molecule has 0 saturated heterocycles.